The van der Waals surface area contributed by atoms with Crippen molar-refractivity contribution in [2.24, 2.45) is 0 Å². The van der Waals surface area contributed by atoms with Crippen molar-refractivity contribution in [1.29, 1.82) is 0 Å². The van der Waals surface area contributed by atoms with E-state index in [9.17, 15) is 4.79 Å². The van der Waals surface area contributed by atoms with Crippen molar-refractivity contribution in [1.82, 2.24) is 5.32 Å². The van der Waals surface area contributed by atoms with E-state index in [1.807, 2.05) is 36.4 Å². The van der Waals surface area contributed by atoms with Crippen LogP contribution in [0.4, 0.5) is 5.69 Å². The second-order valence-corrected chi connectivity index (χ2v) is 7.08. The summed E-state index contributed by atoms with van der Waals surface area (Å²) in [4.78, 5) is 12.2. The fourth-order valence-electron chi connectivity index (χ4n) is 2.33. The number of rotatable bonds is 8. The number of carbonyl (C=O) groups is 1. The highest BCUT2D eigenvalue weighted by molar-refractivity contribution is 9.10. The van der Waals surface area contributed by atoms with E-state index in [1.165, 1.54) is 19.3 Å². The Balaban J connectivity index is 1.80. The molecule has 2 aromatic carbocycles. The van der Waals surface area contributed by atoms with Crippen LogP contribution in [-0.4, -0.2) is 17.6 Å². The molecule has 0 saturated carbocycles. The number of ether oxygens (including phenoxy) is 1. The van der Waals surface area contributed by atoms with Gasteiger partial charge in [-0.2, -0.15) is 0 Å². The third-order valence-corrected chi connectivity index (χ3v) is 4.62. The van der Waals surface area contributed by atoms with E-state index in [0.29, 0.717) is 5.56 Å². The van der Waals surface area contributed by atoms with Crippen LogP contribution in [0.2, 0.25) is 0 Å². The minimum Gasteiger partial charge on any atom is -0.494 e. The summed E-state index contributed by atoms with van der Waals surface area (Å²) in [5.41, 5.74) is 1.32. The Bertz CT molecular complexity index is 735. The second-order valence-electron chi connectivity index (χ2n) is 5.82. The summed E-state index contributed by atoms with van der Waals surface area (Å²) < 4.78 is 6.44. The van der Waals surface area contributed by atoms with Gasteiger partial charge in [-0.25, -0.2) is 0 Å². The lowest BCUT2D eigenvalue weighted by Crippen LogP contribution is -2.34. The summed E-state index contributed by atoms with van der Waals surface area (Å²) in [6.45, 7) is 2.92. The largest absolute Gasteiger partial charge is 0.494 e. The minimum atomic E-state index is -0.262. The van der Waals surface area contributed by atoms with E-state index >= 15 is 0 Å². The predicted molar refractivity (Wildman–Crippen MR) is 114 cm³/mol. The normalized spacial score (nSPS) is 10.2. The van der Waals surface area contributed by atoms with Crippen LogP contribution in [0.3, 0.4) is 0 Å². The lowest BCUT2D eigenvalue weighted by molar-refractivity contribution is 0.0977. The molecule has 0 aliphatic rings. The summed E-state index contributed by atoms with van der Waals surface area (Å²) >= 11 is 8.57. The molecule has 0 radical (unpaired) electrons. The Morgan fingerprint density at radius 2 is 1.81 bits per heavy atom. The van der Waals surface area contributed by atoms with Gasteiger partial charge in [0.25, 0.3) is 5.91 Å². The third kappa shape index (κ3) is 6.77. The molecule has 0 spiro atoms. The van der Waals surface area contributed by atoms with Gasteiger partial charge in [-0.15, -0.1) is 0 Å². The smallest absolute Gasteiger partial charge is 0.258 e. The summed E-state index contributed by atoms with van der Waals surface area (Å²) in [5, 5.41) is 5.93. The van der Waals surface area contributed by atoms with Crippen molar-refractivity contribution < 1.29 is 9.53 Å². The lowest BCUT2D eigenvalue weighted by Gasteiger charge is -2.11. The molecule has 0 unspecified atom stereocenters. The quantitative estimate of drug-likeness (QED) is 0.423. The van der Waals surface area contributed by atoms with Gasteiger partial charge in [0.2, 0.25) is 0 Å². The molecule has 0 aliphatic carbocycles. The molecule has 2 N–H and O–H groups in total. The topological polar surface area (TPSA) is 50.4 Å². The second kappa shape index (κ2) is 10.9. The zero-order valence-corrected chi connectivity index (χ0v) is 17.2. The van der Waals surface area contributed by atoms with Crippen molar-refractivity contribution >= 4 is 44.9 Å². The molecule has 0 aromatic heterocycles. The third-order valence-electron chi connectivity index (χ3n) is 3.72. The van der Waals surface area contributed by atoms with Crippen LogP contribution < -0.4 is 15.4 Å². The fourth-order valence-corrected chi connectivity index (χ4v) is 3.01. The number of anilines is 1. The number of nitrogens with one attached hydrogen (secondary N) is 2. The van der Waals surface area contributed by atoms with Crippen molar-refractivity contribution in [3.8, 4) is 5.75 Å². The molecular weight excluding hydrogens is 412 g/mol. The van der Waals surface area contributed by atoms with Crippen LogP contribution in [0.15, 0.2) is 53.0 Å². The Morgan fingerprint density at radius 1 is 1.08 bits per heavy atom. The van der Waals surface area contributed by atoms with Gasteiger partial charge in [-0.05, 0) is 71.0 Å². The van der Waals surface area contributed by atoms with Crippen LogP contribution in [0.1, 0.15) is 43.0 Å². The SMILES string of the molecule is CCCCCCOc1ccc(NC(=S)NC(=O)c2ccccc2Br)cc1. The number of halogens is 1. The van der Waals surface area contributed by atoms with Gasteiger partial charge in [0, 0.05) is 10.2 Å². The van der Waals surface area contributed by atoms with Crippen LogP contribution in [-0.2, 0) is 0 Å². The van der Waals surface area contributed by atoms with Gasteiger partial charge in [0.1, 0.15) is 5.75 Å². The summed E-state index contributed by atoms with van der Waals surface area (Å²) in [5.74, 6) is 0.567. The van der Waals surface area contributed by atoms with Gasteiger partial charge >= 0.3 is 0 Å². The molecule has 0 fully saturated rings. The monoisotopic (exact) mass is 434 g/mol. The lowest BCUT2D eigenvalue weighted by atomic mass is 10.2. The number of thiocarbonyl (C=S) groups is 1. The first-order chi connectivity index (χ1) is 12.6. The molecule has 6 heteroatoms. The van der Waals surface area contributed by atoms with Crippen molar-refractivity contribution in [2.75, 3.05) is 11.9 Å². The minimum absolute atomic E-state index is 0.249. The van der Waals surface area contributed by atoms with E-state index in [1.54, 1.807) is 12.1 Å². The molecule has 0 heterocycles. The first-order valence-electron chi connectivity index (χ1n) is 8.70. The van der Waals surface area contributed by atoms with Crippen molar-refractivity contribution in [2.45, 2.75) is 32.6 Å². The average molecular weight is 435 g/mol. The molecule has 1 amide bonds. The first-order valence-corrected chi connectivity index (χ1v) is 9.90. The Labute approximate surface area is 168 Å². The highest BCUT2D eigenvalue weighted by atomic mass is 79.9. The Hall–Kier alpha value is -1.92. The molecule has 0 bridgehead atoms. The first kappa shape index (κ1) is 20.4. The van der Waals surface area contributed by atoms with Crippen molar-refractivity contribution in [3.05, 3.63) is 58.6 Å². The van der Waals surface area contributed by atoms with E-state index < -0.39 is 0 Å². The number of carbonyl (C=O) groups excluding carboxylic acids is 1. The maximum absolute atomic E-state index is 12.2. The maximum atomic E-state index is 12.2. The van der Waals surface area contributed by atoms with E-state index in [0.717, 1.165) is 28.9 Å². The summed E-state index contributed by atoms with van der Waals surface area (Å²) in [6.07, 6.45) is 4.73. The molecule has 2 aromatic rings. The molecule has 138 valence electrons. The molecular formula is C20H23BrN2O2S. The van der Waals surface area contributed by atoms with Gasteiger partial charge in [-0.3, -0.25) is 10.1 Å². The van der Waals surface area contributed by atoms with E-state index in [2.05, 4.69) is 33.5 Å². The van der Waals surface area contributed by atoms with E-state index in [4.69, 9.17) is 17.0 Å². The molecule has 2 rings (SSSR count). The highest BCUT2D eigenvalue weighted by Gasteiger charge is 2.10. The number of hydrogen-bond acceptors (Lipinski definition) is 3. The zero-order chi connectivity index (χ0) is 18.8. The van der Waals surface area contributed by atoms with Gasteiger partial charge in [-0.1, -0.05) is 38.3 Å². The van der Waals surface area contributed by atoms with Gasteiger partial charge in [0.05, 0.1) is 12.2 Å². The molecule has 26 heavy (non-hydrogen) atoms. The maximum Gasteiger partial charge on any atom is 0.258 e. The molecule has 0 saturated heterocycles. The van der Waals surface area contributed by atoms with E-state index in [-0.39, 0.29) is 11.0 Å². The molecule has 0 atom stereocenters. The van der Waals surface area contributed by atoms with Crippen molar-refractivity contribution in [3.63, 3.8) is 0 Å². The number of benzene rings is 2. The number of unbranched alkanes of at least 4 members (excludes halogenated alkanes) is 3. The molecule has 4 nitrogen and oxygen atoms in total. The highest BCUT2D eigenvalue weighted by Crippen LogP contribution is 2.17. The van der Waals surface area contributed by atoms with Crippen LogP contribution in [0, 0.1) is 0 Å². The average Bonchev–Trinajstić information content (AvgIpc) is 2.63. The van der Waals surface area contributed by atoms with Gasteiger partial charge < -0.3 is 10.1 Å². The molecule has 0 aliphatic heterocycles. The van der Waals surface area contributed by atoms with Crippen LogP contribution in [0.25, 0.3) is 0 Å². The Kier molecular flexibility index (Phi) is 8.58. The van der Waals surface area contributed by atoms with Crippen LogP contribution in [0.5, 0.6) is 5.75 Å². The summed E-state index contributed by atoms with van der Waals surface area (Å²) in [7, 11) is 0. The number of amides is 1. The standard InChI is InChI=1S/C20H23BrN2O2S/c1-2-3-4-7-14-25-16-12-10-15(11-13-16)22-20(26)23-19(24)17-8-5-6-9-18(17)21/h5-6,8-13H,2-4,7,14H2,1H3,(H2,22,23,24,26). The predicted octanol–water partition coefficient (Wildman–Crippen LogP) is 5.54. The zero-order valence-electron chi connectivity index (χ0n) is 14.8. The Morgan fingerprint density at radius 3 is 2.50 bits per heavy atom. The van der Waals surface area contributed by atoms with Gasteiger partial charge in [0.15, 0.2) is 5.11 Å². The van der Waals surface area contributed by atoms with Crippen LogP contribution >= 0.6 is 28.1 Å². The number of hydrogen-bond donors (Lipinski definition) is 2. The summed E-state index contributed by atoms with van der Waals surface area (Å²) in [6, 6.07) is 14.7. The fraction of sp³-hybridized carbons (Fsp3) is 0.300.